The fraction of sp³-hybridized carbons (Fsp3) is 0.200. The topological polar surface area (TPSA) is 76.7 Å². The number of esters is 1. The molecule has 0 radical (unpaired) electrons. The molecule has 2 aromatic rings. The van der Waals surface area contributed by atoms with Crippen molar-refractivity contribution in [2.75, 3.05) is 23.8 Å². The van der Waals surface area contributed by atoms with E-state index in [2.05, 4.69) is 17.2 Å². The third kappa shape index (κ3) is 4.42. The van der Waals surface area contributed by atoms with Crippen molar-refractivity contribution in [1.82, 2.24) is 0 Å². The van der Waals surface area contributed by atoms with E-state index in [0.717, 1.165) is 5.69 Å². The van der Waals surface area contributed by atoms with Crippen LogP contribution in [0.4, 0.5) is 11.4 Å². The third-order valence-electron chi connectivity index (χ3n) is 3.91. The third-order valence-corrected chi connectivity index (χ3v) is 3.91. The molecule has 1 aliphatic heterocycles. The number of rotatable bonds is 6. The standard InChI is InChI=1S/C20H20N2O4/c1-2-11-25-16-9-7-15(8-10-16)22-19(23)12-14-13-21-17-5-3-4-6-18(17)26-20(14)24/h2-10,14,21H,1,11-13H2,(H,22,23). The summed E-state index contributed by atoms with van der Waals surface area (Å²) in [6, 6.07) is 14.2. The molecule has 0 aliphatic carbocycles. The summed E-state index contributed by atoms with van der Waals surface area (Å²) in [5, 5.41) is 5.94. The number of fused-ring (bicyclic) bond motifs is 1. The highest BCUT2D eigenvalue weighted by atomic mass is 16.5. The van der Waals surface area contributed by atoms with Crippen LogP contribution in [0, 0.1) is 5.92 Å². The highest BCUT2D eigenvalue weighted by molar-refractivity contribution is 5.94. The van der Waals surface area contributed by atoms with Gasteiger partial charge in [-0.3, -0.25) is 9.59 Å². The summed E-state index contributed by atoms with van der Waals surface area (Å²) in [5.74, 6) is -0.0458. The highest BCUT2D eigenvalue weighted by Gasteiger charge is 2.27. The highest BCUT2D eigenvalue weighted by Crippen LogP contribution is 2.28. The van der Waals surface area contributed by atoms with Crippen molar-refractivity contribution in [3.05, 3.63) is 61.2 Å². The average Bonchev–Trinajstić information content (AvgIpc) is 2.80. The van der Waals surface area contributed by atoms with Crippen molar-refractivity contribution >= 4 is 23.3 Å². The molecule has 26 heavy (non-hydrogen) atoms. The summed E-state index contributed by atoms with van der Waals surface area (Å²) in [7, 11) is 0. The zero-order valence-electron chi connectivity index (χ0n) is 14.2. The lowest BCUT2D eigenvalue weighted by molar-refractivity contribution is -0.140. The van der Waals surface area contributed by atoms with Crippen LogP contribution in [-0.2, 0) is 9.59 Å². The molecule has 0 spiro atoms. The van der Waals surface area contributed by atoms with Crippen LogP contribution in [0.25, 0.3) is 0 Å². The fourth-order valence-electron chi connectivity index (χ4n) is 2.59. The molecule has 1 atom stereocenters. The minimum atomic E-state index is -0.558. The van der Waals surface area contributed by atoms with Crippen LogP contribution < -0.4 is 20.1 Å². The molecule has 134 valence electrons. The molecule has 1 amide bonds. The Kier molecular flexibility index (Phi) is 5.53. The quantitative estimate of drug-likeness (QED) is 0.474. The Labute approximate surface area is 151 Å². The summed E-state index contributed by atoms with van der Waals surface area (Å²) in [6.07, 6.45) is 1.70. The van der Waals surface area contributed by atoms with E-state index >= 15 is 0 Å². The Hall–Kier alpha value is -3.28. The first kappa shape index (κ1) is 17.5. The summed E-state index contributed by atoms with van der Waals surface area (Å²) in [5.41, 5.74) is 1.39. The van der Waals surface area contributed by atoms with Crippen LogP contribution in [0.3, 0.4) is 0 Å². The van der Waals surface area contributed by atoms with Gasteiger partial charge < -0.3 is 20.1 Å². The molecule has 0 bridgehead atoms. The van der Waals surface area contributed by atoms with Crippen LogP contribution in [0.2, 0.25) is 0 Å². The summed E-state index contributed by atoms with van der Waals surface area (Å²) >= 11 is 0. The van der Waals surface area contributed by atoms with Gasteiger partial charge in [0.25, 0.3) is 0 Å². The molecule has 0 fully saturated rings. The average molecular weight is 352 g/mol. The van der Waals surface area contributed by atoms with Crippen molar-refractivity contribution in [2.24, 2.45) is 5.92 Å². The maximum absolute atomic E-state index is 12.3. The Morgan fingerprint density at radius 1 is 1.27 bits per heavy atom. The van der Waals surface area contributed by atoms with Gasteiger partial charge >= 0.3 is 5.97 Å². The molecule has 6 heteroatoms. The molecular weight excluding hydrogens is 332 g/mol. The predicted molar refractivity (Wildman–Crippen MR) is 99.4 cm³/mol. The van der Waals surface area contributed by atoms with E-state index in [9.17, 15) is 9.59 Å². The maximum atomic E-state index is 12.3. The van der Waals surface area contributed by atoms with E-state index in [0.29, 0.717) is 30.3 Å². The van der Waals surface area contributed by atoms with Gasteiger partial charge in [-0.15, -0.1) is 0 Å². The van der Waals surface area contributed by atoms with Crippen molar-refractivity contribution in [1.29, 1.82) is 0 Å². The number of nitrogens with one attached hydrogen (secondary N) is 2. The summed E-state index contributed by atoms with van der Waals surface area (Å²) in [4.78, 5) is 24.5. The van der Waals surface area contributed by atoms with E-state index in [-0.39, 0.29) is 12.3 Å². The predicted octanol–water partition coefficient (Wildman–Crippen LogP) is 3.23. The second-order valence-corrected chi connectivity index (χ2v) is 5.87. The van der Waals surface area contributed by atoms with Gasteiger partial charge in [-0.2, -0.15) is 0 Å². The van der Waals surface area contributed by atoms with Crippen LogP contribution >= 0.6 is 0 Å². The normalized spacial score (nSPS) is 15.7. The fourth-order valence-corrected chi connectivity index (χ4v) is 2.59. The van der Waals surface area contributed by atoms with E-state index in [1.54, 1.807) is 42.5 Å². The van der Waals surface area contributed by atoms with Crippen LogP contribution in [0.15, 0.2) is 61.2 Å². The largest absolute Gasteiger partial charge is 0.490 e. The molecule has 6 nitrogen and oxygen atoms in total. The number of hydrogen-bond donors (Lipinski definition) is 2. The van der Waals surface area contributed by atoms with Gasteiger partial charge in [-0.05, 0) is 36.4 Å². The molecular formula is C20H20N2O4. The molecule has 0 aromatic heterocycles. The Bertz CT molecular complexity index is 802. The number of para-hydroxylation sites is 2. The van der Waals surface area contributed by atoms with Gasteiger partial charge in [0, 0.05) is 18.7 Å². The molecule has 0 saturated heterocycles. The Balaban J connectivity index is 1.56. The summed E-state index contributed by atoms with van der Waals surface area (Å²) < 4.78 is 10.8. The molecule has 3 rings (SSSR count). The molecule has 2 aromatic carbocycles. The molecule has 1 heterocycles. The monoisotopic (exact) mass is 352 g/mol. The lowest BCUT2D eigenvalue weighted by Gasteiger charge is -2.12. The first-order valence-corrected chi connectivity index (χ1v) is 8.34. The smallest absolute Gasteiger partial charge is 0.316 e. The first-order valence-electron chi connectivity index (χ1n) is 8.34. The first-order chi connectivity index (χ1) is 12.7. The number of amides is 1. The van der Waals surface area contributed by atoms with Crippen LogP contribution in [0.1, 0.15) is 6.42 Å². The number of carbonyl (C=O) groups is 2. The number of ether oxygens (including phenoxy) is 2. The summed E-state index contributed by atoms with van der Waals surface area (Å²) in [6.45, 7) is 4.36. The zero-order valence-corrected chi connectivity index (χ0v) is 14.2. The Morgan fingerprint density at radius 3 is 2.81 bits per heavy atom. The van der Waals surface area contributed by atoms with Gasteiger partial charge in [0.05, 0.1) is 11.6 Å². The van der Waals surface area contributed by atoms with Gasteiger partial charge in [0.15, 0.2) is 5.75 Å². The van der Waals surface area contributed by atoms with Gasteiger partial charge in [0.1, 0.15) is 12.4 Å². The minimum Gasteiger partial charge on any atom is -0.490 e. The lowest BCUT2D eigenvalue weighted by atomic mass is 10.1. The van der Waals surface area contributed by atoms with Gasteiger partial charge in [0.2, 0.25) is 5.91 Å². The van der Waals surface area contributed by atoms with Crippen molar-refractivity contribution in [3.63, 3.8) is 0 Å². The van der Waals surface area contributed by atoms with Crippen molar-refractivity contribution in [2.45, 2.75) is 6.42 Å². The minimum absolute atomic E-state index is 0.0362. The molecule has 2 N–H and O–H groups in total. The van der Waals surface area contributed by atoms with Crippen molar-refractivity contribution < 1.29 is 19.1 Å². The second kappa shape index (κ2) is 8.20. The van der Waals surface area contributed by atoms with Crippen LogP contribution in [0.5, 0.6) is 11.5 Å². The van der Waals surface area contributed by atoms with Gasteiger partial charge in [-0.1, -0.05) is 24.8 Å². The maximum Gasteiger partial charge on any atom is 0.316 e. The van der Waals surface area contributed by atoms with E-state index in [1.807, 2.05) is 12.1 Å². The Morgan fingerprint density at radius 2 is 2.04 bits per heavy atom. The molecule has 1 aliphatic rings. The van der Waals surface area contributed by atoms with E-state index < -0.39 is 11.9 Å². The number of carbonyl (C=O) groups excluding carboxylic acids is 2. The second-order valence-electron chi connectivity index (χ2n) is 5.87. The van der Waals surface area contributed by atoms with Gasteiger partial charge in [-0.25, -0.2) is 0 Å². The van der Waals surface area contributed by atoms with Crippen molar-refractivity contribution in [3.8, 4) is 11.5 Å². The molecule has 0 saturated carbocycles. The van der Waals surface area contributed by atoms with E-state index in [1.165, 1.54) is 0 Å². The van der Waals surface area contributed by atoms with E-state index in [4.69, 9.17) is 9.47 Å². The zero-order chi connectivity index (χ0) is 18.4. The number of benzene rings is 2. The number of anilines is 2. The SMILES string of the molecule is C=CCOc1ccc(NC(=O)CC2CNc3ccccc3OC2=O)cc1. The lowest BCUT2D eigenvalue weighted by Crippen LogP contribution is -2.29. The number of hydrogen-bond acceptors (Lipinski definition) is 5. The molecule has 1 unspecified atom stereocenters. The van der Waals surface area contributed by atoms with Crippen LogP contribution in [-0.4, -0.2) is 25.0 Å².